The maximum absolute atomic E-state index is 13.8. The molecule has 0 heterocycles. The third kappa shape index (κ3) is 5.46. The molecule has 18 heavy (non-hydrogen) atoms. The van der Waals surface area contributed by atoms with E-state index >= 15 is 0 Å². The highest BCUT2D eigenvalue weighted by Gasteiger charge is 2.11. The van der Waals surface area contributed by atoms with E-state index in [4.69, 9.17) is 4.74 Å². The SMILES string of the molecule is CCCNC(CCOC)Cc1ccc(Br)cc1F. The number of hydrogen-bond donors (Lipinski definition) is 1. The lowest BCUT2D eigenvalue weighted by Crippen LogP contribution is -2.33. The fraction of sp³-hybridized carbons (Fsp3) is 0.571. The molecule has 0 saturated carbocycles. The summed E-state index contributed by atoms with van der Waals surface area (Å²) in [6, 6.07) is 5.50. The van der Waals surface area contributed by atoms with Crippen LogP contribution in [0.1, 0.15) is 25.3 Å². The first-order valence-corrected chi connectivity index (χ1v) is 7.13. The summed E-state index contributed by atoms with van der Waals surface area (Å²) in [7, 11) is 1.69. The maximum Gasteiger partial charge on any atom is 0.127 e. The van der Waals surface area contributed by atoms with Crippen molar-refractivity contribution >= 4 is 15.9 Å². The van der Waals surface area contributed by atoms with Gasteiger partial charge in [-0.25, -0.2) is 4.39 Å². The highest BCUT2D eigenvalue weighted by atomic mass is 79.9. The molecule has 102 valence electrons. The summed E-state index contributed by atoms with van der Waals surface area (Å²) < 4.78 is 19.6. The minimum atomic E-state index is -0.148. The Bertz CT molecular complexity index is 352. The molecule has 1 aromatic carbocycles. The normalized spacial score (nSPS) is 12.7. The Morgan fingerprint density at radius 3 is 2.83 bits per heavy atom. The van der Waals surface area contributed by atoms with Gasteiger partial charge < -0.3 is 10.1 Å². The second-order valence-electron chi connectivity index (χ2n) is 4.37. The van der Waals surface area contributed by atoms with Crippen molar-refractivity contribution in [2.75, 3.05) is 20.3 Å². The number of hydrogen-bond acceptors (Lipinski definition) is 2. The van der Waals surface area contributed by atoms with Crippen LogP contribution in [0.15, 0.2) is 22.7 Å². The van der Waals surface area contributed by atoms with Crippen molar-refractivity contribution in [1.29, 1.82) is 0 Å². The molecule has 0 aliphatic heterocycles. The summed E-state index contributed by atoms with van der Waals surface area (Å²) >= 11 is 3.27. The van der Waals surface area contributed by atoms with Crippen LogP contribution < -0.4 is 5.32 Å². The maximum atomic E-state index is 13.8. The molecule has 0 fully saturated rings. The minimum absolute atomic E-state index is 0.148. The Morgan fingerprint density at radius 1 is 1.44 bits per heavy atom. The molecule has 0 radical (unpaired) electrons. The van der Waals surface area contributed by atoms with Gasteiger partial charge in [0.05, 0.1) is 0 Å². The van der Waals surface area contributed by atoms with Gasteiger partial charge in [0.25, 0.3) is 0 Å². The minimum Gasteiger partial charge on any atom is -0.385 e. The van der Waals surface area contributed by atoms with Crippen LogP contribution in [0.2, 0.25) is 0 Å². The number of rotatable bonds is 8. The third-order valence-corrected chi connectivity index (χ3v) is 3.33. The van der Waals surface area contributed by atoms with Gasteiger partial charge in [-0.15, -0.1) is 0 Å². The molecular formula is C14H21BrFNO. The second kappa shape index (κ2) is 8.62. The van der Waals surface area contributed by atoms with Crippen LogP contribution in [-0.2, 0) is 11.2 Å². The van der Waals surface area contributed by atoms with Gasteiger partial charge in [0.2, 0.25) is 0 Å². The molecule has 0 aromatic heterocycles. The Balaban J connectivity index is 2.62. The molecule has 1 N–H and O–H groups in total. The lowest BCUT2D eigenvalue weighted by Gasteiger charge is -2.18. The predicted octanol–water partition coefficient (Wildman–Crippen LogP) is 3.54. The number of benzene rings is 1. The van der Waals surface area contributed by atoms with Crippen LogP contribution in [0.5, 0.6) is 0 Å². The van der Waals surface area contributed by atoms with Crippen molar-refractivity contribution in [3.05, 3.63) is 34.1 Å². The van der Waals surface area contributed by atoms with Gasteiger partial charge in [-0.1, -0.05) is 28.9 Å². The largest absolute Gasteiger partial charge is 0.385 e. The molecule has 0 aliphatic carbocycles. The zero-order chi connectivity index (χ0) is 13.4. The van der Waals surface area contributed by atoms with E-state index in [1.165, 1.54) is 6.07 Å². The van der Waals surface area contributed by atoms with E-state index in [0.717, 1.165) is 29.4 Å². The molecule has 0 saturated heterocycles. The summed E-state index contributed by atoms with van der Waals surface area (Å²) in [5.74, 6) is -0.148. The summed E-state index contributed by atoms with van der Waals surface area (Å²) in [6.45, 7) is 3.77. The predicted molar refractivity (Wildman–Crippen MR) is 76.4 cm³/mol. The zero-order valence-electron chi connectivity index (χ0n) is 11.0. The van der Waals surface area contributed by atoms with Crippen LogP contribution in [0.3, 0.4) is 0 Å². The van der Waals surface area contributed by atoms with E-state index in [2.05, 4.69) is 28.2 Å². The fourth-order valence-electron chi connectivity index (χ4n) is 1.84. The number of halogens is 2. The van der Waals surface area contributed by atoms with Gasteiger partial charge in [-0.2, -0.15) is 0 Å². The Morgan fingerprint density at radius 2 is 2.22 bits per heavy atom. The third-order valence-electron chi connectivity index (χ3n) is 2.83. The summed E-state index contributed by atoms with van der Waals surface area (Å²) in [5, 5.41) is 3.44. The standard InChI is InChI=1S/C14H21BrFNO/c1-3-7-17-13(6-8-18-2)9-11-4-5-12(15)10-14(11)16/h4-5,10,13,17H,3,6-9H2,1-2H3. The highest BCUT2D eigenvalue weighted by Crippen LogP contribution is 2.17. The van der Waals surface area contributed by atoms with Crippen LogP contribution in [-0.4, -0.2) is 26.3 Å². The van der Waals surface area contributed by atoms with Gasteiger partial charge in [-0.3, -0.25) is 0 Å². The quantitative estimate of drug-likeness (QED) is 0.792. The lowest BCUT2D eigenvalue weighted by molar-refractivity contribution is 0.182. The average Bonchev–Trinajstić information content (AvgIpc) is 2.35. The highest BCUT2D eigenvalue weighted by molar-refractivity contribution is 9.10. The molecule has 0 amide bonds. The molecule has 0 aliphatic rings. The molecule has 2 nitrogen and oxygen atoms in total. The van der Waals surface area contributed by atoms with Gasteiger partial charge in [0.1, 0.15) is 5.82 Å². The first kappa shape index (κ1) is 15.6. The number of ether oxygens (including phenoxy) is 1. The van der Waals surface area contributed by atoms with Crippen molar-refractivity contribution in [3.63, 3.8) is 0 Å². The average molecular weight is 318 g/mol. The molecule has 0 spiro atoms. The smallest absolute Gasteiger partial charge is 0.127 e. The van der Waals surface area contributed by atoms with Crippen LogP contribution in [0, 0.1) is 5.82 Å². The molecule has 1 atom stereocenters. The molecule has 1 aromatic rings. The van der Waals surface area contributed by atoms with E-state index in [9.17, 15) is 4.39 Å². The topological polar surface area (TPSA) is 21.3 Å². The van der Waals surface area contributed by atoms with Crippen LogP contribution in [0.4, 0.5) is 4.39 Å². The lowest BCUT2D eigenvalue weighted by atomic mass is 10.0. The Kier molecular flexibility index (Phi) is 7.47. The first-order chi connectivity index (χ1) is 8.67. The van der Waals surface area contributed by atoms with E-state index in [1.807, 2.05) is 12.1 Å². The summed E-state index contributed by atoms with van der Waals surface area (Å²) in [6.07, 6.45) is 2.67. The van der Waals surface area contributed by atoms with Crippen molar-refractivity contribution in [3.8, 4) is 0 Å². The van der Waals surface area contributed by atoms with Crippen molar-refractivity contribution in [2.45, 2.75) is 32.2 Å². The van der Waals surface area contributed by atoms with Crippen molar-refractivity contribution < 1.29 is 9.13 Å². The summed E-state index contributed by atoms with van der Waals surface area (Å²) in [4.78, 5) is 0. The van der Waals surface area contributed by atoms with E-state index in [1.54, 1.807) is 7.11 Å². The monoisotopic (exact) mass is 317 g/mol. The fourth-order valence-corrected chi connectivity index (χ4v) is 2.17. The van der Waals surface area contributed by atoms with Crippen molar-refractivity contribution in [2.24, 2.45) is 0 Å². The molecule has 4 heteroatoms. The zero-order valence-corrected chi connectivity index (χ0v) is 12.6. The van der Waals surface area contributed by atoms with Crippen molar-refractivity contribution in [1.82, 2.24) is 5.32 Å². The Hall–Kier alpha value is -0.450. The van der Waals surface area contributed by atoms with E-state index in [-0.39, 0.29) is 11.9 Å². The molecule has 0 bridgehead atoms. The number of methoxy groups -OCH3 is 1. The first-order valence-electron chi connectivity index (χ1n) is 6.33. The van der Waals surface area contributed by atoms with Crippen LogP contribution >= 0.6 is 15.9 Å². The molecular weight excluding hydrogens is 297 g/mol. The van der Waals surface area contributed by atoms with E-state index in [0.29, 0.717) is 13.0 Å². The van der Waals surface area contributed by atoms with Gasteiger partial charge in [-0.05, 0) is 43.5 Å². The van der Waals surface area contributed by atoms with E-state index < -0.39 is 0 Å². The van der Waals surface area contributed by atoms with Gasteiger partial charge >= 0.3 is 0 Å². The molecule has 1 unspecified atom stereocenters. The van der Waals surface area contributed by atoms with Crippen LogP contribution in [0.25, 0.3) is 0 Å². The Labute approximate surface area is 117 Å². The van der Waals surface area contributed by atoms with Gasteiger partial charge in [0.15, 0.2) is 0 Å². The second-order valence-corrected chi connectivity index (χ2v) is 5.29. The van der Waals surface area contributed by atoms with Gasteiger partial charge in [0, 0.05) is 24.2 Å². The molecule has 1 rings (SSSR count). The number of nitrogens with one attached hydrogen (secondary N) is 1. The summed E-state index contributed by atoms with van der Waals surface area (Å²) in [5.41, 5.74) is 0.753.